The predicted octanol–water partition coefficient (Wildman–Crippen LogP) is 1.48. The Morgan fingerprint density at radius 3 is 2.20 bits per heavy atom. The molecule has 3 rings (SSSR count). The van der Waals surface area contributed by atoms with Gasteiger partial charge < -0.3 is 15.2 Å². The van der Waals surface area contributed by atoms with E-state index in [1.165, 1.54) is 12.8 Å². The molecule has 1 saturated carbocycles. The van der Waals surface area contributed by atoms with Crippen molar-refractivity contribution in [2.45, 2.75) is 56.8 Å². The monoisotopic (exact) mass is 279 g/mol. The van der Waals surface area contributed by atoms with Gasteiger partial charge in [0.25, 0.3) is 0 Å². The van der Waals surface area contributed by atoms with Crippen LogP contribution in [0.5, 0.6) is 0 Å². The minimum atomic E-state index is -0.942. The van der Waals surface area contributed by atoms with Crippen molar-refractivity contribution in [3.8, 4) is 0 Å². The maximum atomic E-state index is 12.4. The van der Waals surface area contributed by atoms with Crippen LogP contribution in [0.15, 0.2) is 12.2 Å². The first-order chi connectivity index (χ1) is 9.66. The molecule has 1 amide bonds. The minimum Gasteiger partial charge on any atom is -0.481 e. The van der Waals surface area contributed by atoms with Crippen molar-refractivity contribution >= 4 is 11.9 Å². The molecule has 1 aliphatic carbocycles. The lowest BCUT2D eigenvalue weighted by Crippen LogP contribution is -2.46. The van der Waals surface area contributed by atoms with Gasteiger partial charge in [-0.15, -0.1) is 0 Å². The third-order valence-electron chi connectivity index (χ3n) is 4.69. The summed E-state index contributed by atoms with van der Waals surface area (Å²) >= 11 is 0. The fourth-order valence-corrected chi connectivity index (χ4v) is 3.64. The molecule has 4 atom stereocenters. The van der Waals surface area contributed by atoms with Crippen LogP contribution in [0, 0.1) is 11.8 Å². The van der Waals surface area contributed by atoms with Crippen LogP contribution in [-0.2, 0) is 14.3 Å². The Morgan fingerprint density at radius 2 is 1.60 bits per heavy atom. The molecule has 0 radical (unpaired) electrons. The van der Waals surface area contributed by atoms with E-state index in [9.17, 15) is 14.7 Å². The number of carboxylic acid groups (broad SMARTS) is 1. The number of hydrogen-bond donors (Lipinski definition) is 2. The smallest absolute Gasteiger partial charge is 0.310 e. The van der Waals surface area contributed by atoms with Gasteiger partial charge in [0.2, 0.25) is 5.91 Å². The van der Waals surface area contributed by atoms with Crippen LogP contribution in [-0.4, -0.2) is 35.2 Å². The van der Waals surface area contributed by atoms with Gasteiger partial charge in [0.05, 0.1) is 18.1 Å². The van der Waals surface area contributed by atoms with Crippen LogP contribution >= 0.6 is 0 Å². The molecule has 1 saturated heterocycles. The first-order valence-electron chi connectivity index (χ1n) is 7.54. The van der Waals surface area contributed by atoms with E-state index in [2.05, 4.69) is 5.32 Å². The number of amides is 1. The third kappa shape index (κ3) is 2.46. The molecule has 5 nitrogen and oxygen atoms in total. The summed E-state index contributed by atoms with van der Waals surface area (Å²) in [5.74, 6) is -2.41. The van der Waals surface area contributed by atoms with Crippen LogP contribution < -0.4 is 5.32 Å². The lowest BCUT2D eigenvalue weighted by atomic mass is 9.82. The highest BCUT2D eigenvalue weighted by Gasteiger charge is 2.53. The predicted molar refractivity (Wildman–Crippen MR) is 72.0 cm³/mol. The number of hydrogen-bond acceptors (Lipinski definition) is 3. The number of carboxylic acids is 1. The van der Waals surface area contributed by atoms with Gasteiger partial charge in [-0.25, -0.2) is 0 Å². The normalized spacial score (nSPS) is 36.8. The molecule has 0 unspecified atom stereocenters. The van der Waals surface area contributed by atoms with E-state index in [0.29, 0.717) is 0 Å². The molecule has 3 aliphatic rings. The molecule has 5 heteroatoms. The van der Waals surface area contributed by atoms with Gasteiger partial charge >= 0.3 is 5.97 Å². The van der Waals surface area contributed by atoms with E-state index < -0.39 is 23.9 Å². The average molecular weight is 279 g/mol. The zero-order chi connectivity index (χ0) is 14.1. The van der Waals surface area contributed by atoms with Crippen LogP contribution in [0.4, 0.5) is 0 Å². The summed E-state index contributed by atoms with van der Waals surface area (Å²) in [4.78, 5) is 23.8. The Kier molecular flexibility index (Phi) is 3.78. The van der Waals surface area contributed by atoms with E-state index in [1.54, 1.807) is 6.08 Å². The highest BCUT2D eigenvalue weighted by Crippen LogP contribution is 2.39. The van der Waals surface area contributed by atoms with Crippen molar-refractivity contribution in [3.05, 3.63) is 12.2 Å². The summed E-state index contributed by atoms with van der Waals surface area (Å²) in [6.45, 7) is 0. The molecular formula is C15H21NO4. The van der Waals surface area contributed by atoms with Gasteiger partial charge in [-0.3, -0.25) is 9.59 Å². The molecule has 2 fully saturated rings. The first-order valence-corrected chi connectivity index (χ1v) is 7.54. The Bertz CT molecular complexity index is 426. The Labute approximate surface area is 118 Å². The highest BCUT2D eigenvalue weighted by atomic mass is 16.5. The molecule has 0 aromatic carbocycles. The summed E-state index contributed by atoms with van der Waals surface area (Å²) < 4.78 is 5.54. The molecule has 0 aromatic rings. The molecule has 2 heterocycles. The summed E-state index contributed by atoms with van der Waals surface area (Å²) in [6, 6.07) is 0.197. The van der Waals surface area contributed by atoms with Gasteiger partial charge in [0.15, 0.2) is 0 Å². The number of nitrogens with one attached hydrogen (secondary N) is 1. The van der Waals surface area contributed by atoms with Gasteiger partial charge in [-0.1, -0.05) is 37.8 Å². The number of rotatable bonds is 3. The quantitative estimate of drug-likeness (QED) is 0.606. The van der Waals surface area contributed by atoms with Gasteiger partial charge in [-0.2, -0.15) is 0 Å². The van der Waals surface area contributed by atoms with Crippen molar-refractivity contribution in [2.24, 2.45) is 11.8 Å². The highest BCUT2D eigenvalue weighted by molar-refractivity contribution is 5.87. The molecule has 2 N–H and O–H groups in total. The number of ether oxygens (including phenoxy) is 1. The minimum absolute atomic E-state index is 0.152. The second kappa shape index (κ2) is 5.56. The average Bonchev–Trinajstić information content (AvgIpc) is 2.93. The molecule has 0 spiro atoms. The number of carbonyl (C=O) groups is 2. The van der Waals surface area contributed by atoms with E-state index >= 15 is 0 Å². The largest absolute Gasteiger partial charge is 0.481 e. The Balaban J connectivity index is 1.66. The van der Waals surface area contributed by atoms with Gasteiger partial charge in [0, 0.05) is 6.04 Å². The molecule has 20 heavy (non-hydrogen) atoms. The van der Waals surface area contributed by atoms with Crippen LogP contribution in [0.25, 0.3) is 0 Å². The van der Waals surface area contributed by atoms with E-state index in [4.69, 9.17) is 4.74 Å². The Hall–Kier alpha value is -1.36. The zero-order valence-electron chi connectivity index (χ0n) is 11.5. The van der Waals surface area contributed by atoms with Crippen LogP contribution in [0.1, 0.15) is 38.5 Å². The van der Waals surface area contributed by atoms with E-state index in [0.717, 1.165) is 25.7 Å². The molecular weight excluding hydrogens is 258 g/mol. The summed E-state index contributed by atoms with van der Waals surface area (Å²) in [6.07, 6.45) is 9.51. The molecule has 0 aromatic heterocycles. The van der Waals surface area contributed by atoms with Crippen molar-refractivity contribution in [2.75, 3.05) is 0 Å². The second-order valence-electron chi connectivity index (χ2n) is 6.04. The summed E-state index contributed by atoms with van der Waals surface area (Å²) in [5, 5.41) is 12.4. The first kappa shape index (κ1) is 13.6. The lowest BCUT2D eigenvalue weighted by molar-refractivity contribution is -0.146. The van der Waals surface area contributed by atoms with Crippen LogP contribution in [0.3, 0.4) is 0 Å². The number of carbonyl (C=O) groups excluding carboxylic acids is 1. The van der Waals surface area contributed by atoms with Gasteiger partial charge in [0.1, 0.15) is 5.92 Å². The van der Waals surface area contributed by atoms with E-state index in [-0.39, 0.29) is 18.1 Å². The van der Waals surface area contributed by atoms with E-state index in [1.807, 2.05) is 6.08 Å². The van der Waals surface area contributed by atoms with Gasteiger partial charge in [-0.05, 0) is 12.8 Å². The maximum absolute atomic E-state index is 12.4. The fraction of sp³-hybridized carbons (Fsp3) is 0.733. The Morgan fingerprint density at radius 1 is 1.00 bits per heavy atom. The van der Waals surface area contributed by atoms with Crippen molar-refractivity contribution in [3.63, 3.8) is 0 Å². The second-order valence-corrected chi connectivity index (χ2v) is 6.04. The van der Waals surface area contributed by atoms with Crippen molar-refractivity contribution in [1.29, 1.82) is 0 Å². The zero-order valence-corrected chi connectivity index (χ0v) is 11.5. The third-order valence-corrected chi connectivity index (χ3v) is 4.69. The summed E-state index contributed by atoms with van der Waals surface area (Å²) in [7, 11) is 0. The standard InChI is InChI=1S/C15H21NO4/c17-14(16-9-5-3-1-2-4-6-9)12-10-7-8-11(20-10)13(12)15(18)19/h7-13H,1-6H2,(H,16,17)(H,18,19)/t10-,11+,12-,13+/m1/s1. The molecule has 2 aliphatic heterocycles. The topological polar surface area (TPSA) is 75.6 Å². The molecule has 2 bridgehead atoms. The maximum Gasteiger partial charge on any atom is 0.310 e. The van der Waals surface area contributed by atoms with Crippen molar-refractivity contribution in [1.82, 2.24) is 5.32 Å². The van der Waals surface area contributed by atoms with Crippen LogP contribution in [0.2, 0.25) is 0 Å². The lowest BCUT2D eigenvalue weighted by Gasteiger charge is -2.24. The number of aliphatic carboxylic acids is 1. The van der Waals surface area contributed by atoms with Crippen molar-refractivity contribution < 1.29 is 19.4 Å². The summed E-state index contributed by atoms with van der Waals surface area (Å²) in [5.41, 5.74) is 0. The molecule has 110 valence electrons. The number of fused-ring (bicyclic) bond motifs is 2. The SMILES string of the molecule is O=C(O)[C@@H]1[C@H](C(=O)NC2CCCCCC2)[C@H]2C=C[C@@H]1O2. The fourth-order valence-electron chi connectivity index (χ4n) is 3.64.